The van der Waals surface area contributed by atoms with E-state index in [1.165, 1.54) is 5.56 Å². The predicted octanol–water partition coefficient (Wildman–Crippen LogP) is 0.623. The van der Waals surface area contributed by atoms with Gasteiger partial charge in [0.2, 0.25) is 0 Å². The van der Waals surface area contributed by atoms with Crippen molar-refractivity contribution in [2.75, 3.05) is 13.2 Å². The molecule has 4 nitrogen and oxygen atoms in total. The van der Waals surface area contributed by atoms with Gasteiger partial charge >= 0.3 is 0 Å². The van der Waals surface area contributed by atoms with Crippen molar-refractivity contribution in [1.82, 2.24) is 14.7 Å². The number of aliphatic hydroxyl groups is 1. The number of aliphatic hydroxyl groups excluding tert-OH is 1. The topological polar surface area (TPSA) is 41.3 Å². The van der Waals surface area contributed by atoms with Gasteiger partial charge in [-0.05, 0) is 13.8 Å². The maximum atomic E-state index is 8.91. The van der Waals surface area contributed by atoms with Gasteiger partial charge in [0.15, 0.2) is 0 Å². The Morgan fingerprint density at radius 2 is 2.29 bits per heavy atom. The summed E-state index contributed by atoms with van der Waals surface area (Å²) in [6, 6.07) is 0.447. The third kappa shape index (κ3) is 3.12. The van der Waals surface area contributed by atoms with E-state index in [1.54, 1.807) is 4.68 Å². The number of hydrogen-bond acceptors (Lipinski definition) is 3. The molecule has 14 heavy (non-hydrogen) atoms. The molecule has 0 aliphatic heterocycles. The fourth-order valence-corrected chi connectivity index (χ4v) is 1.44. The number of rotatable bonds is 5. The van der Waals surface area contributed by atoms with Gasteiger partial charge in [-0.25, -0.2) is 0 Å². The number of aryl methyl sites for hydroxylation is 1. The highest BCUT2D eigenvalue weighted by atomic mass is 16.3. The molecule has 0 fully saturated rings. The molecule has 1 aromatic heterocycles. The van der Waals surface area contributed by atoms with Gasteiger partial charge in [0.1, 0.15) is 0 Å². The van der Waals surface area contributed by atoms with Gasteiger partial charge in [0, 0.05) is 37.9 Å². The van der Waals surface area contributed by atoms with Gasteiger partial charge in [-0.1, -0.05) is 0 Å². The van der Waals surface area contributed by atoms with Crippen molar-refractivity contribution in [2.45, 2.75) is 26.4 Å². The number of nitrogens with zero attached hydrogens (tertiary/aromatic N) is 3. The van der Waals surface area contributed by atoms with Gasteiger partial charge in [0.05, 0.1) is 12.8 Å². The van der Waals surface area contributed by atoms with Crippen LogP contribution in [0.1, 0.15) is 19.4 Å². The Labute approximate surface area is 85.1 Å². The Kier molecular flexibility index (Phi) is 4.10. The molecule has 1 N–H and O–H groups in total. The minimum Gasteiger partial charge on any atom is -0.395 e. The fourth-order valence-electron chi connectivity index (χ4n) is 1.44. The van der Waals surface area contributed by atoms with Crippen molar-refractivity contribution in [3.8, 4) is 0 Å². The van der Waals surface area contributed by atoms with Crippen LogP contribution in [0.15, 0.2) is 12.4 Å². The lowest BCUT2D eigenvalue weighted by atomic mass is 10.2. The Balaban J connectivity index is 2.55. The second kappa shape index (κ2) is 5.12. The van der Waals surface area contributed by atoms with Crippen molar-refractivity contribution < 1.29 is 5.11 Å². The summed E-state index contributed by atoms with van der Waals surface area (Å²) < 4.78 is 1.80. The van der Waals surface area contributed by atoms with Gasteiger partial charge in [-0.2, -0.15) is 5.10 Å². The molecule has 0 atom stereocenters. The van der Waals surface area contributed by atoms with Gasteiger partial charge in [-0.3, -0.25) is 9.58 Å². The second-order valence-electron chi connectivity index (χ2n) is 3.81. The maximum absolute atomic E-state index is 8.91. The first-order valence-electron chi connectivity index (χ1n) is 4.96. The smallest absolute Gasteiger partial charge is 0.0558 e. The van der Waals surface area contributed by atoms with Crippen LogP contribution in [0.4, 0.5) is 0 Å². The second-order valence-corrected chi connectivity index (χ2v) is 3.81. The van der Waals surface area contributed by atoms with E-state index >= 15 is 0 Å². The third-order valence-corrected chi connectivity index (χ3v) is 2.26. The van der Waals surface area contributed by atoms with Crippen LogP contribution in [0.5, 0.6) is 0 Å². The van der Waals surface area contributed by atoms with E-state index in [1.807, 2.05) is 19.4 Å². The molecular formula is C10H19N3O. The van der Waals surface area contributed by atoms with Gasteiger partial charge in [0.25, 0.3) is 0 Å². The summed E-state index contributed by atoms with van der Waals surface area (Å²) >= 11 is 0. The summed E-state index contributed by atoms with van der Waals surface area (Å²) in [6.45, 7) is 6.04. The molecule has 80 valence electrons. The highest BCUT2D eigenvalue weighted by Crippen LogP contribution is 2.06. The van der Waals surface area contributed by atoms with Crippen molar-refractivity contribution in [2.24, 2.45) is 7.05 Å². The maximum Gasteiger partial charge on any atom is 0.0558 e. The minimum atomic E-state index is 0.207. The summed E-state index contributed by atoms with van der Waals surface area (Å²) in [5.41, 5.74) is 1.19. The molecule has 0 aromatic carbocycles. The van der Waals surface area contributed by atoms with E-state index < -0.39 is 0 Å². The van der Waals surface area contributed by atoms with E-state index in [-0.39, 0.29) is 6.61 Å². The lowest BCUT2D eigenvalue weighted by Gasteiger charge is -2.24. The van der Waals surface area contributed by atoms with Crippen LogP contribution >= 0.6 is 0 Å². The monoisotopic (exact) mass is 197 g/mol. The molecule has 0 bridgehead atoms. The van der Waals surface area contributed by atoms with Crippen LogP contribution in [0.3, 0.4) is 0 Å². The van der Waals surface area contributed by atoms with E-state index in [2.05, 4.69) is 23.8 Å². The highest BCUT2D eigenvalue weighted by Gasteiger charge is 2.09. The summed E-state index contributed by atoms with van der Waals surface area (Å²) in [5, 5.41) is 13.0. The largest absolute Gasteiger partial charge is 0.395 e. The Morgan fingerprint density at radius 1 is 1.57 bits per heavy atom. The quantitative estimate of drug-likeness (QED) is 0.752. The van der Waals surface area contributed by atoms with Crippen LogP contribution in [-0.2, 0) is 13.6 Å². The predicted molar refractivity (Wildman–Crippen MR) is 55.8 cm³/mol. The normalized spacial score (nSPS) is 11.6. The molecule has 0 spiro atoms. The molecule has 1 heterocycles. The molecule has 0 saturated carbocycles. The minimum absolute atomic E-state index is 0.207. The van der Waals surface area contributed by atoms with E-state index in [0.717, 1.165) is 6.54 Å². The number of hydrogen-bond donors (Lipinski definition) is 1. The van der Waals surface area contributed by atoms with Gasteiger partial charge < -0.3 is 5.11 Å². The van der Waals surface area contributed by atoms with E-state index in [0.29, 0.717) is 12.6 Å². The van der Waals surface area contributed by atoms with Crippen LogP contribution in [0, 0.1) is 0 Å². The molecule has 0 aliphatic rings. The summed E-state index contributed by atoms with van der Waals surface area (Å²) in [6.07, 6.45) is 3.87. The third-order valence-electron chi connectivity index (χ3n) is 2.26. The van der Waals surface area contributed by atoms with Crippen molar-refractivity contribution >= 4 is 0 Å². The van der Waals surface area contributed by atoms with Crippen LogP contribution in [0.2, 0.25) is 0 Å². The van der Waals surface area contributed by atoms with Crippen LogP contribution in [0.25, 0.3) is 0 Å². The summed E-state index contributed by atoms with van der Waals surface area (Å²) in [4.78, 5) is 2.22. The van der Waals surface area contributed by atoms with Crippen molar-refractivity contribution in [3.05, 3.63) is 18.0 Å². The first-order valence-corrected chi connectivity index (χ1v) is 4.96. The molecule has 0 saturated heterocycles. The van der Waals surface area contributed by atoms with Crippen molar-refractivity contribution in [1.29, 1.82) is 0 Å². The molecule has 4 heteroatoms. The van der Waals surface area contributed by atoms with E-state index in [4.69, 9.17) is 5.11 Å². The Bertz CT molecular complexity index is 270. The summed E-state index contributed by atoms with van der Waals surface area (Å²) in [7, 11) is 1.91. The Hall–Kier alpha value is -0.870. The standard InChI is InChI=1S/C10H19N3O/c1-9(2)13(4-5-14)8-10-6-11-12(3)7-10/h6-7,9,14H,4-5,8H2,1-3H3. The zero-order chi connectivity index (χ0) is 10.6. The van der Waals surface area contributed by atoms with E-state index in [9.17, 15) is 0 Å². The summed E-state index contributed by atoms with van der Waals surface area (Å²) in [5.74, 6) is 0. The molecular weight excluding hydrogens is 178 g/mol. The Morgan fingerprint density at radius 3 is 2.71 bits per heavy atom. The SMILES string of the molecule is CC(C)N(CCO)Cc1cnn(C)c1. The lowest BCUT2D eigenvalue weighted by molar-refractivity contribution is 0.159. The molecule has 1 rings (SSSR count). The molecule has 1 aromatic rings. The first kappa shape index (κ1) is 11.2. The fraction of sp³-hybridized carbons (Fsp3) is 0.700. The zero-order valence-corrected chi connectivity index (χ0v) is 9.14. The van der Waals surface area contributed by atoms with Crippen molar-refractivity contribution in [3.63, 3.8) is 0 Å². The highest BCUT2D eigenvalue weighted by molar-refractivity contribution is 5.03. The average Bonchev–Trinajstić information content (AvgIpc) is 2.50. The van der Waals surface area contributed by atoms with Crippen LogP contribution < -0.4 is 0 Å². The van der Waals surface area contributed by atoms with Crippen LogP contribution in [-0.4, -0.2) is 39.0 Å². The lowest BCUT2D eigenvalue weighted by Crippen LogP contribution is -2.32. The number of aromatic nitrogens is 2. The zero-order valence-electron chi connectivity index (χ0n) is 9.14. The first-order chi connectivity index (χ1) is 6.63. The molecule has 0 radical (unpaired) electrons. The molecule has 0 aliphatic carbocycles. The molecule has 0 amide bonds. The molecule has 0 unspecified atom stereocenters. The van der Waals surface area contributed by atoms with Gasteiger partial charge in [-0.15, -0.1) is 0 Å². The average molecular weight is 197 g/mol.